The maximum atomic E-state index is 13.5. The fraction of sp³-hybridized carbons (Fsp3) is 0.750. The van der Waals surface area contributed by atoms with E-state index in [1.54, 1.807) is 0 Å². The van der Waals surface area contributed by atoms with Crippen LogP contribution in [-0.4, -0.2) is 28.0 Å². The lowest BCUT2D eigenvalue weighted by atomic mass is 9.90. The maximum Gasteiger partial charge on any atom is 0.285 e. The van der Waals surface area contributed by atoms with Crippen molar-refractivity contribution in [3.8, 4) is 0 Å². The fourth-order valence-electron chi connectivity index (χ4n) is 1.35. The van der Waals surface area contributed by atoms with Crippen LogP contribution in [0, 0.1) is 0 Å². The van der Waals surface area contributed by atoms with E-state index in [2.05, 4.69) is 0 Å². The van der Waals surface area contributed by atoms with E-state index in [4.69, 9.17) is 34.8 Å². The van der Waals surface area contributed by atoms with Gasteiger partial charge in [-0.1, -0.05) is 34.8 Å². The molecule has 4 unspecified atom stereocenters. The summed E-state index contributed by atoms with van der Waals surface area (Å²) in [5.74, 6) is 0. The van der Waals surface area contributed by atoms with Crippen LogP contribution >= 0.6 is 34.8 Å². The molecule has 0 fully saturated rings. The van der Waals surface area contributed by atoms with Crippen LogP contribution in [0.2, 0.25) is 0 Å². The third-order valence-corrected chi connectivity index (χ3v) is 3.80. The molecule has 0 saturated heterocycles. The van der Waals surface area contributed by atoms with Gasteiger partial charge >= 0.3 is 0 Å². The highest BCUT2D eigenvalue weighted by Crippen LogP contribution is 2.57. The van der Waals surface area contributed by atoms with Gasteiger partial charge in [0.1, 0.15) is 0 Å². The maximum absolute atomic E-state index is 13.5. The van der Waals surface area contributed by atoms with Crippen LogP contribution in [-0.2, 0) is 0 Å². The molecular weight excluding hydrogens is 316 g/mol. The Hall–Kier alpha value is 0.190. The minimum Gasteiger partial charge on any atom is -0.237 e. The highest BCUT2D eigenvalue weighted by atomic mass is 35.5. The van der Waals surface area contributed by atoms with Crippen LogP contribution in [0.4, 0.5) is 26.3 Å². The summed E-state index contributed by atoms with van der Waals surface area (Å²) in [6.45, 7) is 0. The van der Waals surface area contributed by atoms with E-state index in [1.807, 2.05) is 0 Å². The third kappa shape index (κ3) is 2.36. The number of halogens is 9. The summed E-state index contributed by atoms with van der Waals surface area (Å²) in [5, 5.41) is -11.9. The summed E-state index contributed by atoms with van der Waals surface area (Å²) in [6, 6.07) is 0. The average Bonchev–Trinajstić information content (AvgIpc) is 2.12. The van der Waals surface area contributed by atoms with Crippen molar-refractivity contribution in [2.75, 3.05) is 0 Å². The Morgan fingerprint density at radius 3 is 2.06 bits per heavy atom. The quantitative estimate of drug-likeness (QED) is 0.395. The summed E-state index contributed by atoms with van der Waals surface area (Å²) < 4.78 is 77.9. The van der Waals surface area contributed by atoms with Gasteiger partial charge in [0.05, 0.1) is 0 Å². The number of hydrogen-bond acceptors (Lipinski definition) is 0. The van der Waals surface area contributed by atoms with E-state index in [0.29, 0.717) is 0 Å². The molecule has 17 heavy (non-hydrogen) atoms. The highest BCUT2D eigenvalue weighted by Gasteiger charge is 2.71. The Balaban J connectivity index is 3.25. The molecule has 1 rings (SSSR count). The lowest BCUT2D eigenvalue weighted by Gasteiger charge is -2.41. The van der Waals surface area contributed by atoms with Gasteiger partial charge in [0.2, 0.25) is 6.43 Å². The van der Waals surface area contributed by atoms with Crippen LogP contribution in [0.1, 0.15) is 6.42 Å². The second kappa shape index (κ2) is 4.38. The summed E-state index contributed by atoms with van der Waals surface area (Å²) in [6.07, 6.45) is -7.46. The van der Waals surface area contributed by atoms with Crippen molar-refractivity contribution in [2.24, 2.45) is 0 Å². The predicted octanol–water partition coefficient (Wildman–Crippen LogP) is 4.63. The molecule has 0 radical (unpaired) electrons. The number of hydrogen-bond donors (Lipinski definition) is 0. The number of rotatable bonds is 2. The third-order valence-electron chi connectivity index (χ3n) is 2.24. The van der Waals surface area contributed by atoms with Gasteiger partial charge in [-0.2, -0.15) is 0 Å². The normalized spacial score (nSPS) is 47.2. The molecule has 9 heteroatoms. The topological polar surface area (TPSA) is 0 Å². The molecule has 1 aliphatic carbocycles. The SMILES string of the molecule is FC(F)CC1=CC(F)(Cl)C(F)(Cl)C(F)(Cl)C1F. The molecular formula is C8H5Cl3F6. The fourth-order valence-corrected chi connectivity index (χ4v) is 2.11. The van der Waals surface area contributed by atoms with Crippen molar-refractivity contribution in [3.05, 3.63) is 11.6 Å². The van der Waals surface area contributed by atoms with E-state index in [9.17, 15) is 26.3 Å². The molecule has 4 atom stereocenters. The highest BCUT2D eigenvalue weighted by molar-refractivity contribution is 6.40. The Bertz CT molecular complexity index is 338. The van der Waals surface area contributed by atoms with Crippen molar-refractivity contribution in [1.82, 2.24) is 0 Å². The smallest absolute Gasteiger partial charge is 0.237 e. The van der Waals surface area contributed by atoms with Gasteiger partial charge in [-0.15, -0.1) is 0 Å². The first kappa shape index (κ1) is 15.2. The van der Waals surface area contributed by atoms with E-state index >= 15 is 0 Å². The Morgan fingerprint density at radius 1 is 1.18 bits per heavy atom. The first-order valence-electron chi connectivity index (χ1n) is 4.21. The minimum atomic E-state index is -4.12. The van der Waals surface area contributed by atoms with E-state index in [0.717, 1.165) is 0 Å². The molecule has 100 valence electrons. The first-order valence-corrected chi connectivity index (χ1v) is 5.34. The van der Waals surface area contributed by atoms with Crippen LogP contribution in [0.5, 0.6) is 0 Å². The molecule has 0 aromatic carbocycles. The van der Waals surface area contributed by atoms with Gasteiger partial charge in [0.25, 0.3) is 15.4 Å². The number of allylic oxidation sites excluding steroid dienone is 2. The predicted molar refractivity (Wildman–Crippen MR) is 52.7 cm³/mol. The standard InChI is InChI=1S/C8H5Cl3F6/c9-6(15)2-3(1-4(12)13)5(14)7(10,16)8(6,11)17/h2,4-5H,1H2. The van der Waals surface area contributed by atoms with Crippen LogP contribution < -0.4 is 0 Å². The van der Waals surface area contributed by atoms with Crippen molar-refractivity contribution in [1.29, 1.82) is 0 Å². The summed E-state index contributed by atoms with van der Waals surface area (Å²) in [7, 11) is 0. The second-order valence-corrected chi connectivity index (χ2v) is 5.12. The van der Waals surface area contributed by atoms with Gasteiger partial charge < -0.3 is 0 Å². The molecule has 0 bridgehead atoms. The van der Waals surface area contributed by atoms with E-state index in [1.165, 1.54) is 0 Å². The van der Waals surface area contributed by atoms with Crippen molar-refractivity contribution in [2.45, 2.75) is 34.4 Å². The number of alkyl halides is 9. The van der Waals surface area contributed by atoms with Crippen LogP contribution in [0.3, 0.4) is 0 Å². The molecule has 0 aromatic heterocycles. The molecule has 1 aliphatic rings. The molecule has 0 saturated carbocycles. The molecule has 0 aliphatic heterocycles. The van der Waals surface area contributed by atoms with Crippen molar-refractivity contribution in [3.63, 3.8) is 0 Å². The Labute approximate surface area is 108 Å². The molecule has 0 aromatic rings. The average molecular weight is 321 g/mol. The zero-order valence-electron chi connectivity index (χ0n) is 7.84. The van der Waals surface area contributed by atoms with E-state index < -0.39 is 40.0 Å². The second-order valence-electron chi connectivity index (χ2n) is 3.50. The van der Waals surface area contributed by atoms with Gasteiger partial charge in [-0.3, -0.25) is 0 Å². The Kier molecular flexibility index (Phi) is 3.93. The monoisotopic (exact) mass is 320 g/mol. The lowest BCUT2D eigenvalue weighted by molar-refractivity contribution is -0.0309. The van der Waals surface area contributed by atoms with Crippen molar-refractivity contribution >= 4 is 34.8 Å². The van der Waals surface area contributed by atoms with Gasteiger partial charge in [0, 0.05) is 6.42 Å². The van der Waals surface area contributed by atoms with E-state index in [-0.39, 0.29) is 6.08 Å². The minimum absolute atomic E-state index is 0.0153. The van der Waals surface area contributed by atoms with Gasteiger partial charge in [0.15, 0.2) is 6.17 Å². The molecule has 0 amide bonds. The van der Waals surface area contributed by atoms with Gasteiger partial charge in [-0.25, -0.2) is 26.3 Å². The summed E-state index contributed by atoms with van der Waals surface area (Å²) in [5.41, 5.74) is -1.08. The first-order chi connectivity index (χ1) is 7.43. The van der Waals surface area contributed by atoms with Crippen LogP contribution in [0.15, 0.2) is 11.6 Å². The molecule has 0 heterocycles. The largest absolute Gasteiger partial charge is 0.285 e. The van der Waals surface area contributed by atoms with Crippen LogP contribution in [0.25, 0.3) is 0 Å². The lowest BCUT2D eigenvalue weighted by Crippen LogP contribution is -2.59. The van der Waals surface area contributed by atoms with Crippen molar-refractivity contribution < 1.29 is 26.3 Å². The molecule has 0 spiro atoms. The summed E-state index contributed by atoms with van der Waals surface area (Å²) >= 11 is 14.5. The van der Waals surface area contributed by atoms with Gasteiger partial charge in [-0.05, 0) is 11.6 Å². The summed E-state index contributed by atoms with van der Waals surface area (Å²) in [4.78, 5) is 0. The zero-order valence-corrected chi connectivity index (χ0v) is 10.1. The molecule has 0 N–H and O–H groups in total. The Morgan fingerprint density at radius 2 is 1.65 bits per heavy atom. The zero-order chi connectivity index (χ0) is 13.6. The molecule has 0 nitrogen and oxygen atoms in total.